The monoisotopic (exact) mass is 1340 g/mol. The minimum absolute atomic E-state index is 0.150. The van der Waals surface area contributed by atoms with E-state index in [1.165, 1.54) is 20.8 Å². The third-order valence-electron chi connectivity index (χ3n) is 13.6. The molecule has 0 aliphatic heterocycles. The Kier molecular flexibility index (Phi) is 36.5. The fourth-order valence-electron chi connectivity index (χ4n) is 8.00. The van der Waals surface area contributed by atoms with Gasteiger partial charge in [-0.15, -0.1) is 0 Å². The van der Waals surface area contributed by atoms with Gasteiger partial charge in [-0.3, -0.25) is 81.5 Å². The zero-order valence-corrected chi connectivity index (χ0v) is 52.6. The molecule has 40 heteroatoms. The largest absolute Gasteiger partial charge is 0.481 e. The summed E-state index contributed by atoms with van der Waals surface area (Å²) in [6.07, 6.45) is -8.70. The topological polar surface area (TPSA) is 655 Å². The number of nitrogens with one attached hydrogen (secondary N) is 13. The van der Waals surface area contributed by atoms with Gasteiger partial charge >= 0.3 is 17.9 Å². The minimum atomic E-state index is -2.15. The van der Waals surface area contributed by atoms with Crippen molar-refractivity contribution in [3.05, 3.63) is 0 Å². The van der Waals surface area contributed by atoms with E-state index in [2.05, 4.69) is 47.9 Å². The van der Waals surface area contributed by atoms with E-state index < -0.39 is 255 Å². The Labute approximate surface area is 531 Å². The lowest BCUT2D eigenvalue weighted by Crippen LogP contribution is -2.63. The number of carboxylic acids is 3. The molecule has 0 rings (SSSR count). The zero-order valence-electron chi connectivity index (χ0n) is 52.6. The second-order valence-corrected chi connectivity index (χ2v) is 21.9. The van der Waals surface area contributed by atoms with E-state index in [0.717, 1.165) is 41.5 Å². The predicted octanol–water partition coefficient (Wildman–Crippen LogP) is -11.5. The number of rotatable bonds is 42. The van der Waals surface area contributed by atoms with Crippen LogP contribution in [0.3, 0.4) is 0 Å². The van der Waals surface area contributed by atoms with Crippen LogP contribution in [0.2, 0.25) is 0 Å². The Morgan fingerprint density at radius 1 is 0.344 bits per heavy atom. The average molecular weight is 1340 g/mol. The number of hydrogen-bond acceptors (Lipinski definition) is 23. The van der Waals surface area contributed by atoms with Crippen LogP contribution in [-0.4, -0.2) is 263 Å². The molecular weight excluding hydrogens is 1250 g/mol. The summed E-state index contributed by atoms with van der Waals surface area (Å²) in [5.41, 5.74) is 5.23. The van der Waals surface area contributed by atoms with Crippen LogP contribution in [0.15, 0.2) is 0 Å². The number of aliphatic hydroxyl groups is 6. The second kappa shape index (κ2) is 40.6. The van der Waals surface area contributed by atoms with E-state index in [9.17, 15) is 127 Å². The van der Waals surface area contributed by atoms with Crippen molar-refractivity contribution in [1.29, 1.82) is 0 Å². The molecule has 0 aliphatic rings. The SMILES string of the molecule is CC[C@H](C)[C@H](NC(=O)[C@H](CCC(=O)O)NC(=O)[C@H](CO)NC(=O)[C@H](CO)NC(=O)[C@@H](NC(=O)[C@H](CC(=O)O)NC(=O)[C@@H](NC(=O)[C@H](C)NC(=O)[C@H](C)NC(=O)[C@H](CC(=O)O)NC(=O)[C@H](CO)NC(C)=O)C(C)C)[C@@H](C)O)C(=O)N[C@H](C(=O)N[C@H](C(N)=O)[C@@H](C)O)[C@@H](C)O. The van der Waals surface area contributed by atoms with Crippen molar-refractivity contribution in [2.75, 3.05) is 19.8 Å². The summed E-state index contributed by atoms with van der Waals surface area (Å²) in [4.78, 5) is 219. The van der Waals surface area contributed by atoms with Crippen LogP contribution in [0.25, 0.3) is 0 Å². The highest BCUT2D eigenvalue weighted by Gasteiger charge is 2.40. The van der Waals surface area contributed by atoms with Crippen molar-refractivity contribution < 1.29 is 127 Å². The number of carbonyl (C=O) groups is 17. The van der Waals surface area contributed by atoms with Gasteiger partial charge in [0.15, 0.2) is 0 Å². The van der Waals surface area contributed by atoms with Crippen molar-refractivity contribution in [2.24, 2.45) is 17.6 Å². The van der Waals surface area contributed by atoms with Crippen LogP contribution in [0.5, 0.6) is 0 Å². The number of nitrogens with two attached hydrogens (primary N) is 1. The van der Waals surface area contributed by atoms with E-state index >= 15 is 0 Å². The summed E-state index contributed by atoms with van der Waals surface area (Å²) < 4.78 is 0. The smallest absolute Gasteiger partial charge is 0.305 e. The molecule has 93 heavy (non-hydrogen) atoms. The number of aliphatic carboxylic acids is 3. The van der Waals surface area contributed by atoms with Gasteiger partial charge < -0.3 is 121 Å². The molecule has 40 nitrogen and oxygen atoms in total. The molecule has 0 fully saturated rings. The van der Waals surface area contributed by atoms with Crippen LogP contribution >= 0.6 is 0 Å². The molecular formula is C53H88N14O26. The molecule has 0 aromatic heterocycles. The number of amides is 14. The maximum absolute atomic E-state index is 13.8. The predicted molar refractivity (Wildman–Crippen MR) is 313 cm³/mol. The molecule has 0 aliphatic carbocycles. The molecule has 0 saturated carbocycles. The van der Waals surface area contributed by atoms with Gasteiger partial charge in [0.1, 0.15) is 78.5 Å². The van der Waals surface area contributed by atoms with Crippen molar-refractivity contribution >= 4 is 101 Å². The Hall–Kier alpha value is -9.25. The second-order valence-electron chi connectivity index (χ2n) is 21.9. The van der Waals surface area contributed by atoms with Crippen molar-refractivity contribution in [3.63, 3.8) is 0 Å². The Bertz CT molecular complexity index is 2700. The molecule has 0 spiro atoms. The molecule has 526 valence electrons. The van der Waals surface area contributed by atoms with Crippen molar-refractivity contribution in [1.82, 2.24) is 69.1 Å². The van der Waals surface area contributed by atoms with Gasteiger partial charge in [-0.05, 0) is 52.9 Å². The molecule has 14 amide bonds. The van der Waals surface area contributed by atoms with Gasteiger partial charge in [-0.25, -0.2) is 0 Å². The number of hydrogen-bond donors (Lipinski definition) is 23. The Morgan fingerprint density at radius 3 is 1.02 bits per heavy atom. The molecule has 0 unspecified atom stereocenters. The lowest BCUT2D eigenvalue weighted by Gasteiger charge is -2.30. The summed E-state index contributed by atoms with van der Waals surface area (Å²) >= 11 is 0. The lowest BCUT2D eigenvalue weighted by molar-refractivity contribution is -0.142. The first-order chi connectivity index (χ1) is 43.1. The van der Waals surface area contributed by atoms with Crippen LogP contribution in [0.4, 0.5) is 0 Å². The standard InChI is InChI=1S/C53H88N14O26/c1-11-20(4)37(51(91)67-40(25(9)73)53(93)65-38(23(7)71)41(54)81)64-44(84)27(12-13-33(75)76)58-48(88)31(17-69)61-49(89)32(18-70)62-52(92)39(24(8)72)66-46(86)29(15-35(79)80)60-50(90)36(19(2)3)63-43(83)22(6)55-42(82)21(5)56-45(85)28(14-34(77)78)59-47(87)30(16-68)57-26(10)74/h19-25,27-32,36-40,68-73H,11-18H2,1-10H3,(H2,54,81)(H,55,82)(H,56,85)(H,57,74)(H,58,88)(H,59,87)(H,60,90)(H,61,89)(H,62,92)(H,63,83)(H,64,84)(H,65,93)(H,66,86)(H,67,91)(H,75,76)(H,77,78)(H,79,80)/t20-,21-,22-,23+,24+,25+,27-,28-,29-,30-,31-,32-,36-,37-,38-,39-,40-/m0/s1. The van der Waals surface area contributed by atoms with Gasteiger partial charge in [0.2, 0.25) is 82.7 Å². The highest BCUT2D eigenvalue weighted by Crippen LogP contribution is 2.12. The minimum Gasteiger partial charge on any atom is -0.481 e. The number of primary amides is 1. The molecule has 0 aromatic carbocycles. The summed E-state index contributed by atoms with van der Waals surface area (Å²) in [6, 6.07) is -23.5. The molecule has 0 saturated heterocycles. The van der Waals surface area contributed by atoms with E-state index in [1.807, 2.05) is 21.3 Å². The van der Waals surface area contributed by atoms with Crippen molar-refractivity contribution in [3.8, 4) is 0 Å². The Morgan fingerprint density at radius 2 is 0.634 bits per heavy atom. The lowest BCUT2D eigenvalue weighted by atomic mass is 9.96. The van der Waals surface area contributed by atoms with E-state index in [-0.39, 0.29) is 6.42 Å². The van der Waals surface area contributed by atoms with E-state index in [4.69, 9.17) is 5.73 Å². The highest BCUT2D eigenvalue weighted by atomic mass is 16.4. The van der Waals surface area contributed by atoms with Crippen LogP contribution in [-0.2, 0) is 81.5 Å². The number of carboxylic acid groups (broad SMARTS) is 3. The first-order valence-corrected chi connectivity index (χ1v) is 28.8. The fourth-order valence-corrected chi connectivity index (χ4v) is 8.00. The van der Waals surface area contributed by atoms with Gasteiger partial charge in [0, 0.05) is 13.3 Å². The maximum atomic E-state index is 13.8. The quantitative estimate of drug-likeness (QED) is 0.0270. The summed E-state index contributed by atoms with van der Waals surface area (Å²) in [5, 5.41) is 117. The number of carbonyl (C=O) groups excluding carboxylic acids is 14. The van der Waals surface area contributed by atoms with Crippen LogP contribution in [0.1, 0.15) is 101 Å². The third-order valence-corrected chi connectivity index (χ3v) is 13.6. The molecule has 17 atom stereocenters. The van der Waals surface area contributed by atoms with Gasteiger partial charge in [0.25, 0.3) is 0 Å². The molecule has 24 N–H and O–H groups in total. The van der Waals surface area contributed by atoms with Gasteiger partial charge in [-0.2, -0.15) is 0 Å². The van der Waals surface area contributed by atoms with Gasteiger partial charge in [-0.1, -0.05) is 34.1 Å². The van der Waals surface area contributed by atoms with Crippen molar-refractivity contribution in [2.45, 2.75) is 198 Å². The summed E-state index contributed by atoms with van der Waals surface area (Å²) in [7, 11) is 0. The molecule has 0 radical (unpaired) electrons. The zero-order chi connectivity index (χ0) is 72.1. The van der Waals surface area contributed by atoms with E-state index in [1.54, 1.807) is 6.92 Å². The Balaban J connectivity index is 6.37. The van der Waals surface area contributed by atoms with E-state index in [0.29, 0.717) is 0 Å². The molecule has 0 heterocycles. The summed E-state index contributed by atoms with van der Waals surface area (Å²) in [6.45, 7) is 8.66. The normalized spacial score (nSPS) is 16.6. The summed E-state index contributed by atoms with van der Waals surface area (Å²) in [5.74, 6) is -23.4. The fraction of sp³-hybridized carbons (Fsp3) is 0.679. The first kappa shape index (κ1) is 83.8. The average Bonchev–Trinajstić information content (AvgIpc) is 1.01. The van der Waals surface area contributed by atoms with Crippen LogP contribution < -0.4 is 74.9 Å². The van der Waals surface area contributed by atoms with Gasteiger partial charge in [0.05, 0.1) is 51.0 Å². The molecule has 0 bridgehead atoms. The highest BCUT2D eigenvalue weighted by molar-refractivity contribution is 6.01. The third kappa shape index (κ3) is 29.3. The number of aliphatic hydroxyl groups excluding tert-OH is 6. The molecule has 0 aromatic rings. The van der Waals surface area contributed by atoms with Crippen LogP contribution in [0, 0.1) is 11.8 Å². The maximum Gasteiger partial charge on any atom is 0.305 e. The first-order valence-electron chi connectivity index (χ1n) is 28.8.